The predicted octanol–water partition coefficient (Wildman–Crippen LogP) is 5.08. The molecule has 1 atom stereocenters. The van der Waals surface area contributed by atoms with Crippen LogP contribution in [0.4, 0.5) is 11.4 Å². The first-order valence-corrected chi connectivity index (χ1v) is 9.46. The van der Waals surface area contributed by atoms with E-state index >= 15 is 0 Å². The number of benzene rings is 3. The van der Waals surface area contributed by atoms with Crippen LogP contribution in [0.3, 0.4) is 0 Å². The molecule has 3 rings (SSSR count). The molecule has 0 saturated heterocycles. The number of anilines is 2. The van der Waals surface area contributed by atoms with Gasteiger partial charge in [-0.3, -0.25) is 9.59 Å². The second-order valence-corrected chi connectivity index (χ2v) is 6.80. The fourth-order valence-electron chi connectivity index (χ4n) is 3.04. The summed E-state index contributed by atoms with van der Waals surface area (Å²) in [5.41, 5.74) is 2.88. The summed E-state index contributed by atoms with van der Waals surface area (Å²) in [6.07, 6.45) is 0.389. The van der Waals surface area contributed by atoms with E-state index in [1.807, 2.05) is 49.4 Å². The zero-order valence-electron chi connectivity index (χ0n) is 16.5. The number of hydrogen-bond acceptors (Lipinski definition) is 3. The quantitative estimate of drug-likeness (QED) is 0.593. The number of carbonyl (C=O) groups excluding carboxylic acids is 2. The Morgan fingerprint density at radius 1 is 0.862 bits per heavy atom. The molecule has 0 aromatic heterocycles. The highest BCUT2D eigenvalue weighted by Gasteiger charge is 2.12. The molecule has 0 aliphatic rings. The zero-order valence-corrected chi connectivity index (χ0v) is 16.5. The highest BCUT2D eigenvalue weighted by atomic mass is 16.5. The standard InChI is InChI=1S/C24H24N2O3/c1-17(18-8-4-3-5-9-18)16-23(27)25-20-14-12-19(13-15-20)24(28)26-21-10-6-7-11-22(21)29-2/h3-15,17H,16H2,1-2H3,(H,25,27)(H,26,28). The van der Waals surface area contributed by atoms with Crippen molar-refractivity contribution in [2.45, 2.75) is 19.3 Å². The third-order valence-corrected chi connectivity index (χ3v) is 4.65. The number of ether oxygens (including phenoxy) is 1. The lowest BCUT2D eigenvalue weighted by Gasteiger charge is -2.12. The summed E-state index contributed by atoms with van der Waals surface area (Å²) >= 11 is 0. The van der Waals surface area contributed by atoms with Crippen LogP contribution in [0.15, 0.2) is 78.9 Å². The Kier molecular flexibility index (Phi) is 6.63. The summed E-state index contributed by atoms with van der Waals surface area (Å²) in [5.74, 6) is 0.414. The molecule has 0 aliphatic heterocycles. The van der Waals surface area contributed by atoms with E-state index in [4.69, 9.17) is 4.74 Å². The maximum atomic E-state index is 12.5. The molecule has 5 heteroatoms. The van der Waals surface area contributed by atoms with E-state index in [0.29, 0.717) is 29.1 Å². The Morgan fingerprint density at radius 2 is 1.52 bits per heavy atom. The molecule has 0 bridgehead atoms. The topological polar surface area (TPSA) is 67.4 Å². The van der Waals surface area contributed by atoms with Crippen molar-refractivity contribution in [3.05, 3.63) is 90.0 Å². The number of para-hydroxylation sites is 2. The number of hydrogen-bond donors (Lipinski definition) is 2. The molecule has 148 valence electrons. The fourth-order valence-corrected chi connectivity index (χ4v) is 3.04. The van der Waals surface area contributed by atoms with Crippen molar-refractivity contribution in [1.29, 1.82) is 0 Å². The normalized spacial score (nSPS) is 11.4. The van der Waals surface area contributed by atoms with E-state index in [9.17, 15) is 9.59 Å². The molecule has 5 nitrogen and oxygen atoms in total. The molecule has 1 unspecified atom stereocenters. The molecule has 3 aromatic carbocycles. The lowest BCUT2D eigenvalue weighted by molar-refractivity contribution is -0.116. The zero-order chi connectivity index (χ0) is 20.6. The van der Waals surface area contributed by atoms with Crippen LogP contribution in [0.1, 0.15) is 35.2 Å². The van der Waals surface area contributed by atoms with Crippen LogP contribution in [0, 0.1) is 0 Å². The van der Waals surface area contributed by atoms with Crippen molar-refractivity contribution in [2.24, 2.45) is 0 Å². The molecule has 0 aliphatic carbocycles. The average Bonchev–Trinajstić information content (AvgIpc) is 2.75. The first kappa shape index (κ1) is 20.1. The molecule has 3 aromatic rings. The van der Waals surface area contributed by atoms with Gasteiger partial charge in [-0.15, -0.1) is 0 Å². The van der Waals surface area contributed by atoms with Gasteiger partial charge >= 0.3 is 0 Å². The van der Waals surface area contributed by atoms with Crippen LogP contribution in [0.5, 0.6) is 5.75 Å². The Bertz CT molecular complexity index is 969. The van der Waals surface area contributed by atoms with Gasteiger partial charge < -0.3 is 15.4 Å². The predicted molar refractivity (Wildman–Crippen MR) is 115 cm³/mol. The Morgan fingerprint density at radius 3 is 2.21 bits per heavy atom. The fraction of sp³-hybridized carbons (Fsp3) is 0.167. The largest absolute Gasteiger partial charge is 0.495 e. The molecule has 0 radical (unpaired) electrons. The van der Waals surface area contributed by atoms with Gasteiger partial charge in [-0.25, -0.2) is 0 Å². The summed E-state index contributed by atoms with van der Waals surface area (Å²) in [6.45, 7) is 2.03. The number of amides is 2. The minimum atomic E-state index is -0.245. The first-order chi connectivity index (χ1) is 14.1. The van der Waals surface area contributed by atoms with Crippen LogP contribution < -0.4 is 15.4 Å². The number of methoxy groups -OCH3 is 1. The van der Waals surface area contributed by atoms with Gasteiger partial charge in [-0.1, -0.05) is 49.4 Å². The second kappa shape index (κ2) is 9.55. The van der Waals surface area contributed by atoms with Gasteiger partial charge in [0.15, 0.2) is 0 Å². The number of nitrogens with one attached hydrogen (secondary N) is 2. The van der Waals surface area contributed by atoms with E-state index in [-0.39, 0.29) is 17.7 Å². The summed E-state index contributed by atoms with van der Waals surface area (Å²) in [4.78, 5) is 24.8. The van der Waals surface area contributed by atoms with Crippen molar-refractivity contribution in [1.82, 2.24) is 0 Å². The molecule has 0 fully saturated rings. The maximum Gasteiger partial charge on any atom is 0.255 e. The van der Waals surface area contributed by atoms with Crippen LogP contribution in [0.25, 0.3) is 0 Å². The summed E-state index contributed by atoms with van der Waals surface area (Å²) < 4.78 is 5.25. The van der Waals surface area contributed by atoms with E-state index < -0.39 is 0 Å². The summed E-state index contributed by atoms with van der Waals surface area (Å²) in [5, 5.41) is 5.72. The van der Waals surface area contributed by atoms with Crippen LogP contribution in [0.2, 0.25) is 0 Å². The van der Waals surface area contributed by atoms with Gasteiger partial charge in [0, 0.05) is 17.7 Å². The maximum absolute atomic E-state index is 12.5. The van der Waals surface area contributed by atoms with Crippen molar-refractivity contribution >= 4 is 23.2 Å². The van der Waals surface area contributed by atoms with E-state index in [1.165, 1.54) is 0 Å². The van der Waals surface area contributed by atoms with Gasteiger partial charge in [-0.2, -0.15) is 0 Å². The van der Waals surface area contributed by atoms with Crippen LogP contribution in [-0.2, 0) is 4.79 Å². The molecule has 2 amide bonds. The van der Waals surface area contributed by atoms with Crippen LogP contribution >= 0.6 is 0 Å². The molecular formula is C24H24N2O3. The Labute approximate surface area is 170 Å². The minimum Gasteiger partial charge on any atom is -0.495 e. The van der Waals surface area contributed by atoms with Gasteiger partial charge in [0.2, 0.25) is 5.91 Å². The number of carbonyl (C=O) groups is 2. The Balaban J connectivity index is 1.58. The monoisotopic (exact) mass is 388 g/mol. The molecule has 0 saturated carbocycles. The van der Waals surface area contributed by atoms with Crippen molar-refractivity contribution in [2.75, 3.05) is 17.7 Å². The number of rotatable bonds is 7. The van der Waals surface area contributed by atoms with Crippen LogP contribution in [-0.4, -0.2) is 18.9 Å². The minimum absolute atomic E-state index is 0.0624. The smallest absolute Gasteiger partial charge is 0.255 e. The van der Waals surface area contributed by atoms with Crippen molar-refractivity contribution in [3.63, 3.8) is 0 Å². The van der Waals surface area contributed by atoms with Gasteiger partial charge in [0.1, 0.15) is 5.75 Å². The molecule has 29 heavy (non-hydrogen) atoms. The average molecular weight is 388 g/mol. The second-order valence-electron chi connectivity index (χ2n) is 6.80. The van der Waals surface area contributed by atoms with Crippen molar-refractivity contribution < 1.29 is 14.3 Å². The third-order valence-electron chi connectivity index (χ3n) is 4.65. The van der Waals surface area contributed by atoms with Gasteiger partial charge in [0.25, 0.3) is 5.91 Å². The third kappa shape index (κ3) is 5.45. The van der Waals surface area contributed by atoms with Gasteiger partial charge in [0.05, 0.1) is 12.8 Å². The first-order valence-electron chi connectivity index (χ1n) is 9.46. The van der Waals surface area contributed by atoms with Crippen molar-refractivity contribution in [3.8, 4) is 5.75 Å². The highest BCUT2D eigenvalue weighted by Crippen LogP contribution is 2.24. The molecule has 0 spiro atoms. The highest BCUT2D eigenvalue weighted by molar-refractivity contribution is 6.05. The molecule has 0 heterocycles. The van der Waals surface area contributed by atoms with E-state index in [2.05, 4.69) is 10.6 Å². The lowest BCUT2D eigenvalue weighted by Crippen LogP contribution is -2.15. The summed E-state index contributed by atoms with van der Waals surface area (Å²) in [6, 6.07) is 24.0. The van der Waals surface area contributed by atoms with E-state index in [0.717, 1.165) is 5.56 Å². The Hall–Kier alpha value is -3.60. The molecular weight excluding hydrogens is 364 g/mol. The van der Waals surface area contributed by atoms with E-state index in [1.54, 1.807) is 43.5 Å². The molecule has 2 N–H and O–H groups in total. The SMILES string of the molecule is COc1ccccc1NC(=O)c1ccc(NC(=O)CC(C)c2ccccc2)cc1. The summed E-state index contributed by atoms with van der Waals surface area (Å²) in [7, 11) is 1.56. The van der Waals surface area contributed by atoms with Gasteiger partial charge in [-0.05, 0) is 47.9 Å². The lowest BCUT2D eigenvalue weighted by atomic mass is 9.97.